The molecule has 0 atom stereocenters. The van der Waals surface area contributed by atoms with E-state index in [1.807, 2.05) is 0 Å². The van der Waals surface area contributed by atoms with Gasteiger partial charge < -0.3 is 0 Å². The Morgan fingerprint density at radius 2 is 1.52 bits per heavy atom. The molecule has 0 aromatic heterocycles. The Labute approximate surface area is 148 Å². The standard InChI is InChI=1S/C18H29O2.Na/c1-7-19-12-13-20-16-10-8-15(9-11-16)18(5,6)14-17(2,3)4;/h8-11H,1,7,12-14H2,2-6H3;. The summed E-state index contributed by atoms with van der Waals surface area (Å²) in [6.07, 6.45) is 1.16. The van der Waals surface area contributed by atoms with E-state index in [0.29, 0.717) is 18.6 Å². The molecule has 0 amide bonds. The second kappa shape index (κ2) is 8.57. The Morgan fingerprint density at radius 3 is 2.05 bits per heavy atom. The number of rotatable bonds is 8. The second-order valence-corrected chi connectivity index (χ2v) is 8.61. The summed E-state index contributed by atoms with van der Waals surface area (Å²) in [6.45, 7) is 13.7. The normalized spacial score (nSPS) is 12.5. The first-order chi connectivity index (χ1) is 9.74. The maximum atomic E-state index is 5.71. The van der Waals surface area contributed by atoms with Crippen molar-refractivity contribution in [2.24, 2.45) is 5.41 Å². The molecule has 1 aromatic carbocycles. The van der Waals surface area contributed by atoms with Crippen molar-refractivity contribution in [1.29, 1.82) is 0 Å². The first-order valence-corrected chi connectivity index (χ1v) is 9.47. The summed E-state index contributed by atoms with van der Waals surface area (Å²) in [4.78, 5) is 0. The van der Waals surface area contributed by atoms with Gasteiger partial charge in [0.25, 0.3) is 0 Å². The first-order valence-electron chi connectivity index (χ1n) is 8.06. The van der Waals surface area contributed by atoms with Crippen LogP contribution in [0.15, 0.2) is 24.3 Å². The molecule has 0 saturated carbocycles. The zero-order valence-corrected chi connectivity index (χ0v) is 16.7. The Kier molecular flexibility index (Phi) is 7.77. The molecular weight excluding hydrogens is 271 g/mol. The summed E-state index contributed by atoms with van der Waals surface area (Å²) in [5.74, 6) is 0.930. The van der Waals surface area contributed by atoms with E-state index in [0.717, 1.165) is 18.8 Å². The first kappa shape index (κ1) is 19.0. The van der Waals surface area contributed by atoms with E-state index in [1.54, 1.807) is 0 Å². The van der Waals surface area contributed by atoms with Crippen molar-refractivity contribution < 1.29 is 9.47 Å². The molecule has 0 fully saturated rings. The third-order valence-electron chi connectivity index (χ3n) is 3.45. The molecule has 2 nitrogen and oxygen atoms in total. The van der Waals surface area contributed by atoms with E-state index < -0.39 is 0 Å². The molecule has 0 aliphatic rings. The molecule has 3 heteroatoms. The molecule has 0 aliphatic heterocycles. The van der Waals surface area contributed by atoms with Gasteiger partial charge in [-0.2, -0.15) is 0 Å². The molecule has 0 N–H and O–H groups in total. The third-order valence-corrected chi connectivity index (χ3v) is 3.86. The van der Waals surface area contributed by atoms with Crippen molar-refractivity contribution in [3.05, 3.63) is 29.8 Å². The van der Waals surface area contributed by atoms with Gasteiger partial charge in [-0.1, -0.05) is 20.8 Å². The molecule has 1 rings (SSSR count). The van der Waals surface area contributed by atoms with E-state index >= 15 is 0 Å². The summed E-state index contributed by atoms with van der Waals surface area (Å²) in [7, 11) is 0. The summed E-state index contributed by atoms with van der Waals surface area (Å²) in [6, 6.07) is 8.54. The molecule has 21 heavy (non-hydrogen) atoms. The van der Waals surface area contributed by atoms with E-state index in [9.17, 15) is 0 Å². The maximum absolute atomic E-state index is 5.71. The van der Waals surface area contributed by atoms with E-state index in [1.165, 1.54) is 37.2 Å². The fourth-order valence-electron chi connectivity index (χ4n) is 2.90. The van der Waals surface area contributed by atoms with Crippen LogP contribution in [0.1, 0.15) is 46.6 Å². The van der Waals surface area contributed by atoms with Gasteiger partial charge in [0.1, 0.15) is 0 Å². The fourth-order valence-corrected chi connectivity index (χ4v) is 3.18. The van der Waals surface area contributed by atoms with Crippen molar-refractivity contribution in [2.75, 3.05) is 19.8 Å². The number of benzene rings is 1. The zero-order chi connectivity index (χ0) is 15.9. The monoisotopic (exact) mass is 300 g/mol. The van der Waals surface area contributed by atoms with Crippen LogP contribution in [0, 0.1) is 5.41 Å². The Balaban J connectivity index is 2.53. The van der Waals surface area contributed by atoms with E-state index in [4.69, 9.17) is 9.47 Å². The Bertz CT molecular complexity index is 404. The van der Waals surface area contributed by atoms with Gasteiger partial charge in [-0.3, -0.25) is 0 Å². The van der Waals surface area contributed by atoms with Gasteiger partial charge in [0.05, 0.1) is 0 Å². The van der Waals surface area contributed by atoms with Crippen LogP contribution in [0.4, 0.5) is 0 Å². The molecule has 0 radical (unpaired) electrons. The van der Waals surface area contributed by atoms with Gasteiger partial charge in [-0.05, 0) is 5.41 Å². The van der Waals surface area contributed by atoms with Crippen LogP contribution in [-0.2, 0) is 10.2 Å². The molecular formula is C18H29NaO2. The number of hydrogen-bond acceptors (Lipinski definition) is 2. The molecule has 0 heterocycles. The third kappa shape index (κ3) is 7.69. The number of hydrogen-bond donors (Lipinski definition) is 0. The summed E-state index contributed by atoms with van der Waals surface area (Å²) < 4.78 is 12.3. The minimum atomic E-state index is 0.185. The average Bonchev–Trinajstić information content (AvgIpc) is 2.36. The average molecular weight is 300 g/mol. The Hall–Kier alpha value is -0.0200. The minimum absolute atomic E-state index is 0.185. The predicted octanol–water partition coefficient (Wildman–Crippen LogP) is 4.38. The Morgan fingerprint density at radius 1 is 0.905 bits per heavy atom. The SMILES string of the molecule is CC(C)(C)CC(C)(C)c1ccc(OCCOC[CH2][Na])cc1. The molecule has 0 aliphatic carbocycles. The van der Waals surface area contributed by atoms with Crippen LogP contribution in [-0.4, -0.2) is 47.8 Å². The zero-order valence-electron chi connectivity index (χ0n) is 14.7. The topological polar surface area (TPSA) is 18.5 Å². The molecule has 1 aromatic rings. The van der Waals surface area contributed by atoms with Crippen LogP contribution < -0.4 is 4.74 Å². The van der Waals surface area contributed by atoms with Gasteiger partial charge in [-0.25, -0.2) is 0 Å². The summed E-state index contributed by atoms with van der Waals surface area (Å²) in [5, 5.41) is 0. The van der Waals surface area contributed by atoms with Gasteiger partial charge in [0, 0.05) is 0 Å². The summed E-state index contributed by atoms with van der Waals surface area (Å²) >= 11 is 1.21. The van der Waals surface area contributed by atoms with Crippen molar-refractivity contribution in [1.82, 2.24) is 0 Å². The quantitative estimate of drug-likeness (QED) is 0.524. The van der Waals surface area contributed by atoms with Crippen molar-refractivity contribution >= 4 is 27.9 Å². The van der Waals surface area contributed by atoms with Crippen LogP contribution in [0.25, 0.3) is 0 Å². The molecule has 0 unspecified atom stereocenters. The van der Waals surface area contributed by atoms with Crippen LogP contribution >= 0.6 is 0 Å². The van der Waals surface area contributed by atoms with Gasteiger partial charge >= 0.3 is 122 Å². The van der Waals surface area contributed by atoms with Crippen molar-refractivity contribution in [3.8, 4) is 5.75 Å². The van der Waals surface area contributed by atoms with Crippen LogP contribution in [0.2, 0.25) is 3.67 Å². The van der Waals surface area contributed by atoms with Crippen LogP contribution in [0.3, 0.4) is 0 Å². The van der Waals surface area contributed by atoms with Crippen LogP contribution in [0.5, 0.6) is 5.75 Å². The molecule has 0 bridgehead atoms. The molecule has 0 saturated heterocycles. The fraction of sp³-hybridized carbons (Fsp3) is 0.667. The van der Waals surface area contributed by atoms with Gasteiger partial charge in [-0.15, -0.1) is 0 Å². The van der Waals surface area contributed by atoms with Gasteiger partial charge in [0.15, 0.2) is 0 Å². The van der Waals surface area contributed by atoms with Crippen molar-refractivity contribution in [2.45, 2.75) is 50.1 Å². The van der Waals surface area contributed by atoms with E-state index in [-0.39, 0.29) is 5.41 Å². The predicted molar refractivity (Wildman–Crippen MR) is 90.4 cm³/mol. The molecule has 114 valence electrons. The molecule has 0 spiro atoms. The number of ether oxygens (including phenoxy) is 2. The van der Waals surface area contributed by atoms with E-state index in [2.05, 4.69) is 58.9 Å². The van der Waals surface area contributed by atoms with Gasteiger partial charge in [0.2, 0.25) is 0 Å². The second-order valence-electron chi connectivity index (χ2n) is 7.61. The van der Waals surface area contributed by atoms with Crippen molar-refractivity contribution in [3.63, 3.8) is 0 Å². The summed E-state index contributed by atoms with van der Waals surface area (Å²) in [5.41, 5.74) is 1.89.